The Bertz CT molecular complexity index is 946. The Hall–Kier alpha value is -2.44. The molecule has 4 nitrogen and oxygen atoms in total. The highest BCUT2D eigenvalue weighted by Crippen LogP contribution is 2.12. The average Bonchev–Trinajstić information content (AvgIpc) is 3.03. The lowest BCUT2D eigenvalue weighted by Gasteiger charge is -2.11. The smallest absolute Gasteiger partial charge is 0.240 e. The topological polar surface area (TPSA) is 51.1 Å². The molecule has 130 valence electrons. The molecule has 1 heterocycles. The molecule has 3 aromatic rings. The summed E-state index contributed by atoms with van der Waals surface area (Å²) in [5.74, 6) is -0.467. The summed E-state index contributed by atoms with van der Waals surface area (Å²) in [5.41, 5.74) is 3.19. The lowest BCUT2D eigenvalue weighted by molar-refractivity contribution is 0.577. The van der Waals surface area contributed by atoms with E-state index in [0.29, 0.717) is 6.54 Å². The summed E-state index contributed by atoms with van der Waals surface area (Å²) in [6.07, 6.45) is 1.92. The third kappa shape index (κ3) is 4.35. The second-order valence-electron chi connectivity index (χ2n) is 5.89. The van der Waals surface area contributed by atoms with Crippen LogP contribution in [0.5, 0.6) is 0 Å². The summed E-state index contributed by atoms with van der Waals surface area (Å²) < 4.78 is 42.1. The fraction of sp³-hybridized carbons (Fsp3) is 0.158. The van der Waals surface area contributed by atoms with Crippen molar-refractivity contribution in [1.82, 2.24) is 9.29 Å². The van der Waals surface area contributed by atoms with Gasteiger partial charge in [-0.2, -0.15) is 0 Å². The molecule has 0 bridgehead atoms. The largest absolute Gasteiger partial charge is 0.346 e. The third-order valence-corrected chi connectivity index (χ3v) is 5.38. The summed E-state index contributed by atoms with van der Waals surface area (Å²) in [6, 6.07) is 16.8. The van der Waals surface area contributed by atoms with Gasteiger partial charge in [0, 0.05) is 18.4 Å². The second kappa shape index (κ2) is 7.21. The van der Waals surface area contributed by atoms with Gasteiger partial charge < -0.3 is 4.57 Å². The first-order valence-corrected chi connectivity index (χ1v) is 9.37. The van der Waals surface area contributed by atoms with Crippen LogP contribution in [0.15, 0.2) is 71.8 Å². The highest BCUT2D eigenvalue weighted by atomic mass is 32.2. The van der Waals surface area contributed by atoms with Crippen LogP contribution in [0.25, 0.3) is 0 Å². The maximum atomic E-state index is 13.0. The minimum Gasteiger partial charge on any atom is -0.346 e. The molecule has 3 rings (SSSR count). The van der Waals surface area contributed by atoms with Crippen molar-refractivity contribution in [1.29, 1.82) is 0 Å². The van der Waals surface area contributed by atoms with Crippen molar-refractivity contribution in [3.8, 4) is 0 Å². The first kappa shape index (κ1) is 17.4. The van der Waals surface area contributed by atoms with Gasteiger partial charge in [-0.15, -0.1) is 0 Å². The van der Waals surface area contributed by atoms with Gasteiger partial charge in [-0.05, 0) is 48.9 Å². The van der Waals surface area contributed by atoms with Crippen LogP contribution in [-0.4, -0.2) is 13.0 Å². The van der Waals surface area contributed by atoms with Crippen LogP contribution in [0.1, 0.15) is 16.8 Å². The van der Waals surface area contributed by atoms with E-state index >= 15 is 0 Å². The van der Waals surface area contributed by atoms with Gasteiger partial charge in [-0.25, -0.2) is 17.5 Å². The van der Waals surface area contributed by atoms with E-state index in [4.69, 9.17) is 0 Å². The molecule has 0 fully saturated rings. The number of aromatic nitrogens is 1. The molecule has 0 aliphatic carbocycles. The fourth-order valence-corrected chi connectivity index (χ4v) is 3.52. The maximum Gasteiger partial charge on any atom is 0.240 e. The minimum absolute atomic E-state index is 0.0468. The summed E-state index contributed by atoms with van der Waals surface area (Å²) >= 11 is 0. The Morgan fingerprint density at radius 2 is 1.68 bits per heavy atom. The molecule has 1 aromatic heterocycles. The molecule has 0 saturated carbocycles. The molecule has 0 amide bonds. The molecule has 0 atom stereocenters. The number of hydrogen-bond donors (Lipinski definition) is 1. The van der Waals surface area contributed by atoms with Crippen LogP contribution in [0, 0.1) is 12.7 Å². The SMILES string of the molecule is Cc1ccc(Cn2cccc2CNS(=O)(=O)c2ccc(F)cc2)cc1. The van der Waals surface area contributed by atoms with Gasteiger partial charge in [0.2, 0.25) is 10.0 Å². The normalized spacial score (nSPS) is 11.6. The number of nitrogens with zero attached hydrogens (tertiary/aromatic N) is 1. The highest BCUT2D eigenvalue weighted by Gasteiger charge is 2.14. The van der Waals surface area contributed by atoms with Gasteiger partial charge in [-0.1, -0.05) is 29.8 Å². The van der Waals surface area contributed by atoms with Crippen LogP contribution in [0.4, 0.5) is 4.39 Å². The average molecular weight is 358 g/mol. The summed E-state index contributed by atoms with van der Waals surface area (Å²) in [7, 11) is -3.68. The van der Waals surface area contributed by atoms with Crippen molar-refractivity contribution in [3.63, 3.8) is 0 Å². The Kier molecular flexibility index (Phi) is 5.01. The molecule has 1 N–H and O–H groups in total. The van der Waals surface area contributed by atoms with Gasteiger partial charge in [0.15, 0.2) is 0 Å². The lowest BCUT2D eigenvalue weighted by atomic mass is 10.1. The highest BCUT2D eigenvalue weighted by molar-refractivity contribution is 7.89. The van der Waals surface area contributed by atoms with Crippen molar-refractivity contribution < 1.29 is 12.8 Å². The molecule has 0 saturated heterocycles. The summed E-state index contributed by atoms with van der Waals surface area (Å²) in [6.45, 7) is 2.87. The zero-order chi connectivity index (χ0) is 17.9. The maximum absolute atomic E-state index is 13.0. The molecule has 0 aliphatic rings. The minimum atomic E-state index is -3.68. The first-order valence-electron chi connectivity index (χ1n) is 7.89. The molecule has 6 heteroatoms. The predicted molar refractivity (Wildman–Crippen MR) is 95.1 cm³/mol. The standard InChI is InChI=1S/C19H19FN2O2S/c1-15-4-6-16(7-5-15)14-22-12-2-3-18(22)13-21-25(23,24)19-10-8-17(20)9-11-19/h2-12,21H,13-14H2,1H3. The van der Waals surface area contributed by atoms with Crippen molar-refractivity contribution >= 4 is 10.0 Å². The van der Waals surface area contributed by atoms with Crippen molar-refractivity contribution in [2.75, 3.05) is 0 Å². The molecule has 0 aliphatic heterocycles. The Balaban J connectivity index is 1.71. The monoisotopic (exact) mass is 358 g/mol. The number of halogens is 1. The van der Waals surface area contributed by atoms with Crippen LogP contribution in [0.3, 0.4) is 0 Å². The van der Waals surface area contributed by atoms with Crippen molar-refractivity contribution in [2.45, 2.75) is 24.9 Å². The third-order valence-electron chi connectivity index (χ3n) is 3.96. The van der Waals surface area contributed by atoms with E-state index < -0.39 is 15.8 Å². The van der Waals surface area contributed by atoms with Crippen LogP contribution in [0.2, 0.25) is 0 Å². The zero-order valence-electron chi connectivity index (χ0n) is 13.8. The van der Waals surface area contributed by atoms with Crippen LogP contribution in [-0.2, 0) is 23.1 Å². The van der Waals surface area contributed by atoms with Crippen LogP contribution >= 0.6 is 0 Å². The molecule has 0 radical (unpaired) electrons. The van der Waals surface area contributed by atoms with Crippen LogP contribution < -0.4 is 4.72 Å². The fourth-order valence-electron chi connectivity index (χ4n) is 2.52. The predicted octanol–water partition coefficient (Wildman–Crippen LogP) is 3.46. The first-order chi connectivity index (χ1) is 11.9. The van der Waals surface area contributed by atoms with Crippen molar-refractivity contribution in [2.24, 2.45) is 0 Å². The number of nitrogens with one attached hydrogen (secondary N) is 1. The van der Waals surface area contributed by atoms with Gasteiger partial charge in [0.05, 0.1) is 11.4 Å². The summed E-state index contributed by atoms with van der Waals surface area (Å²) in [4.78, 5) is 0.0468. The Morgan fingerprint density at radius 3 is 2.36 bits per heavy atom. The number of benzene rings is 2. The molecule has 0 unspecified atom stereocenters. The van der Waals surface area contributed by atoms with Gasteiger partial charge in [0.25, 0.3) is 0 Å². The lowest BCUT2D eigenvalue weighted by Crippen LogP contribution is -2.24. The van der Waals surface area contributed by atoms with E-state index in [1.54, 1.807) is 0 Å². The van der Waals surface area contributed by atoms with E-state index in [1.165, 1.54) is 17.7 Å². The summed E-state index contributed by atoms with van der Waals surface area (Å²) in [5, 5.41) is 0. The Morgan fingerprint density at radius 1 is 1.00 bits per heavy atom. The number of sulfonamides is 1. The van der Waals surface area contributed by atoms with Gasteiger partial charge in [0.1, 0.15) is 5.82 Å². The zero-order valence-corrected chi connectivity index (χ0v) is 14.6. The molecule has 2 aromatic carbocycles. The van der Waals surface area contributed by atoms with Gasteiger partial charge in [-0.3, -0.25) is 0 Å². The van der Waals surface area contributed by atoms with Gasteiger partial charge >= 0.3 is 0 Å². The van der Waals surface area contributed by atoms with E-state index in [0.717, 1.165) is 23.4 Å². The van der Waals surface area contributed by atoms with E-state index in [9.17, 15) is 12.8 Å². The second-order valence-corrected chi connectivity index (χ2v) is 7.66. The van der Waals surface area contributed by atoms with Crippen molar-refractivity contribution in [3.05, 3.63) is 89.5 Å². The molecule has 25 heavy (non-hydrogen) atoms. The Labute approximate surface area is 147 Å². The number of hydrogen-bond acceptors (Lipinski definition) is 2. The molecular formula is C19H19FN2O2S. The van der Waals surface area contributed by atoms with E-state index in [-0.39, 0.29) is 11.4 Å². The number of rotatable bonds is 6. The molecular weight excluding hydrogens is 339 g/mol. The number of aryl methyl sites for hydroxylation is 1. The van der Waals surface area contributed by atoms with E-state index in [2.05, 4.69) is 29.0 Å². The van der Waals surface area contributed by atoms with E-state index in [1.807, 2.05) is 29.8 Å². The quantitative estimate of drug-likeness (QED) is 0.734. The molecule has 0 spiro atoms.